The molecule has 0 heterocycles. The maximum absolute atomic E-state index is 14.4. The van der Waals surface area contributed by atoms with Crippen molar-refractivity contribution in [1.29, 1.82) is 0 Å². The van der Waals surface area contributed by atoms with Crippen LogP contribution in [0.2, 0.25) is 0 Å². The highest BCUT2D eigenvalue weighted by Crippen LogP contribution is 2.35. The van der Waals surface area contributed by atoms with Crippen molar-refractivity contribution in [2.75, 3.05) is 5.32 Å². The Balaban J connectivity index is 2.08. The minimum atomic E-state index is -0.896. The lowest BCUT2D eigenvalue weighted by atomic mass is 9.87. The SMILES string of the molecule is C=Cc1cccc(C(C(=O)Nc2c(C)cccc2C)N(C(=O)C(CC(C)C)NC(=O)OC(C)(C)C)C2CCC2)c1. The van der Waals surface area contributed by atoms with E-state index in [1.165, 1.54) is 0 Å². The lowest BCUT2D eigenvalue weighted by Crippen LogP contribution is -2.57. The van der Waals surface area contributed by atoms with Crippen LogP contribution in [0.5, 0.6) is 0 Å². The Kier molecular flexibility index (Phi) is 10.2. The zero-order chi connectivity index (χ0) is 29.6. The van der Waals surface area contributed by atoms with Gasteiger partial charge in [0.2, 0.25) is 5.91 Å². The Bertz CT molecular complexity index is 1210. The second-order valence-electron chi connectivity index (χ2n) is 12.2. The summed E-state index contributed by atoms with van der Waals surface area (Å²) < 4.78 is 5.50. The molecule has 2 unspecified atom stereocenters. The summed E-state index contributed by atoms with van der Waals surface area (Å²) in [6.45, 7) is 17.2. The molecule has 0 saturated heterocycles. The van der Waals surface area contributed by atoms with Crippen LogP contribution < -0.4 is 10.6 Å². The fourth-order valence-electron chi connectivity index (χ4n) is 5.00. The zero-order valence-corrected chi connectivity index (χ0v) is 25.0. The van der Waals surface area contributed by atoms with Gasteiger partial charge in [-0.05, 0) is 94.5 Å². The first-order chi connectivity index (χ1) is 18.8. The molecule has 7 heteroatoms. The van der Waals surface area contributed by atoms with E-state index in [2.05, 4.69) is 17.2 Å². The fourth-order valence-corrected chi connectivity index (χ4v) is 5.00. The molecule has 0 spiro atoms. The summed E-state index contributed by atoms with van der Waals surface area (Å²) in [5, 5.41) is 5.96. The van der Waals surface area contributed by atoms with Gasteiger partial charge in [0.05, 0.1) is 0 Å². The first kappa shape index (κ1) is 30.9. The van der Waals surface area contributed by atoms with Gasteiger partial charge >= 0.3 is 6.09 Å². The number of carbonyl (C=O) groups is 3. The van der Waals surface area contributed by atoms with E-state index >= 15 is 0 Å². The molecule has 3 rings (SSSR count). The molecule has 3 amide bonds. The van der Waals surface area contributed by atoms with E-state index in [1.54, 1.807) is 31.7 Å². The van der Waals surface area contributed by atoms with Gasteiger partial charge < -0.3 is 20.3 Å². The van der Waals surface area contributed by atoms with Crippen molar-refractivity contribution in [2.24, 2.45) is 5.92 Å². The zero-order valence-electron chi connectivity index (χ0n) is 25.0. The molecule has 1 aliphatic rings. The van der Waals surface area contributed by atoms with Crippen LogP contribution in [0.25, 0.3) is 6.08 Å². The number of ether oxygens (including phenoxy) is 1. The second-order valence-corrected chi connectivity index (χ2v) is 12.2. The van der Waals surface area contributed by atoms with Gasteiger partial charge in [0, 0.05) is 11.7 Å². The number of anilines is 1. The number of nitrogens with one attached hydrogen (secondary N) is 2. The summed E-state index contributed by atoms with van der Waals surface area (Å²) in [5.74, 6) is -0.451. The van der Waals surface area contributed by atoms with Gasteiger partial charge in [-0.3, -0.25) is 9.59 Å². The summed E-state index contributed by atoms with van der Waals surface area (Å²) in [7, 11) is 0. The third kappa shape index (κ3) is 7.96. The topological polar surface area (TPSA) is 87.7 Å². The molecule has 2 aromatic rings. The first-order valence-electron chi connectivity index (χ1n) is 14.2. The molecule has 0 aromatic heterocycles. The highest BCUT2D eigenvalue weighted by atomic mass is 16.6. The van der Waals surface area contributed by atoms with E-state index in [-0.39, 0.29) is 23.8 Å². The summed E-state index contributed by atoms with van der Waals surface area (Å²) >= 11 is 0. The van der Waals surface area contributed by atoms with Gasteiger partial charge in [-0.25, -0.2) is 4.79 Å². The Morgan fingerprint density at radius 3 is 2.23 bits per heavy atom. The van der Waals surface area contributed by atoms with E-state index in [9.17, 15) is 14.4 Å². The minimum Gasteiger partial charge on any atom is -0.444 e. The van der Waals surface area contributed by atoms with Gasteiger partial charge in [0.25, 0.3) is 5.91 Å². The van der Waals surface area contributed by atoms with E-state index < -0.39 is 23.8 Å². The van der Waals surface area contributed by atoms with Crippen molar-refractivity contribution in [3.8, 4) is 0 Å². The van der Waals surface area contributed by atoms with Gasteiger partial charge in [-0.1, -0.05) is 62.9 Å². The third-order valence-electron chi connectivity index (χ3n) is 7.14. The first-order valence-corrected chi connectivity index (χ1v) is 14.2. The highest BCUT2D eigenvalue weighted by Gasteiger charge is 2.42. The maximum Gasteiger partial charge on any atom is 0.408 e. The predicted molar refractivity (Wildman–Crippen MR) is 161 cm³/mol. The molecular formula is C33H45N3O4. The summed E-state index contributed by atoms with van der Waals surface area (Å²) in [6.07, 6.45) is 4.05. The molecule has 0 aliphatic heterocycles. The Morgan fingerprint density at radius 1 is 1.07 bits per heavy atom. The number of nitrogens with zero attached hydrogens (tertiary/aromatic N) is 1. The number of carbonyl (C=O) groups excluding carboxylic acids is 3. The number of benzene rings is 2. The molecular weight excluding hydrogens is 502 g/mol. The van der Waals surface area contributed by atoms with E-state index in [1.807, 2.05) is 70.2 Å². The highest BCUT2D eigenvalue weighted by molar-refractivity contribution is 6.00. The van der Waals surface area contributed by atoms with Crippen LogP contribution in [0.3, 0.4) is 0 Å². The van der Waals surface area contributed by atoms with E-state index in [4.69, 9.17) is 4.74 Å². The number of alkyl carbamates (subject to hydrolysis) is 1. The van der Waals surface area contributed by atoms with Crippen LogP contribution >= 0.6 is 0 Å². The van der Waals surface area contributed by atoms with Crippen LogP contribution in [0, 0.1) is 19.8 Å². The van der Waals surface area contributed by atoms with Crippen LogP contribution in [0.4, 0.5) is 10.5 Å². The number of amides is 3. The van der Waals surface area contributed by atoms with Crippen LogP contribution in [0.15, 0.2) is 49.0 Å². The summed E-state index contributed by atoms with van der Waals surface area (Å²) in [6, 6.07) is 11.6. The van der Waals surface area contributed by atoms with Crippen molar-refractivity contribution in [3.05, 3.63) is 71.3 Å². The maximum atomic E-state index is 14.4. The average molecular weight is 548 g/mol. The van der Waals surface area contributed by atoms with Crippen molar-refractivity contribution >= 4 is 29.7 Å². The van der Waals surface area contributed by atoms with Crippen molar-refractivity contribution in [2.45, 2.75) is 97.9 Å². The molecule has 216 valence electrons. The third-order valence-corrected chi connectivity index (χ3v) is 7.14. The number of para-hydroxylation sites is 1. The predicted octanol–water partition coefficient (Wildman–Crippen LogP) is 6.95. The average Bonchev–Trinajstić information content (AvgIpc) is 2.82. The number of rotatable bonds is 10. The molecule has 0 bridgehead atoms. The molecule has 1 saturated carbocycles. The molecule has 2 N–H and O–H groups in total. The molecule has 40 heavy (non-hydrogen) atoms. The van der Waals surface area contributed by atoms with E-state index in [0.29, 0.717) is 12.0 Å². The monoisotopic (exact) mass is 547 g/mol. The molecule has 7 nitrogen and oxygen atoms in total. The fraction of sp³-hybridized carbons (Fsp3) is 0.485. The van der Waals surface area contributed by atoms with Crippen molar-refractivity contribution in [3.63, 3.8) is 0 Å². The Hall–Kier alpha value is -3.61. The van der Waals surface area contributed by atoms with Crippen molar-refractivity contribution < 1.29 is 19.1 Å². The van der Waals surface area contributed by atoms with E-state index in [0.717, 1.165) is 41.6 Å². The van der Waals surface area contributed by atoms with Crippen LogP contribution in [-0.2, 0) is 14.3 Å². The molecule has 2 aromatic carbocycles. The lowest BCUT2D eigenvalue weighted by Gasteiger charge is -2.44. The summed E-state index contributed by atoms with van der Waals surface area (Å²) in [4.78, 5) is 43.2. The Labute approximate surface area is 239 Å². The largest absolute Gasteiger partial charge is 0.444 e. The van der Waals surface area contributed by atoms with Gasteiger partial charge in [-0.15, -0.1) is 0 Å². The second kappa shape index (κ2) is 13.2. The van der Waals surface area contributed by atoms with Crippen molar-refractivity contribution in [1.82, 2.24) is 10.2 Å². The van der Waals surface area contributed by atoms with Gasteiger partial charge in [0.1, 0.15) is 17.7 Å². The lowest BCUT2D eigenvalue weighted by molar-refractivity contribution is -0.146. The number of aryl methyl sites for hydroxylation is 2. The number of hydrogen-bond acceptors (Lipinski definition) is 4. The normalized spacial score (nSPS) is 15.0. The Morgan fingerprint density at radius 2 is 1.70 bits per heavy atom. The molecule has 0 radical (unpaired) electrons. The van der Waals surface area contributed by atoms with Crippen LogP contribution in [0.1, 0.15) is 88.6 Å². The molecule has 1 fully saturated rings. The van der Waals surface area contributed by atoms with Gasteiger partial charge in [0.15, 0.2) is 0 Å². The van der Waals surface area contributed by atoms with Crippen LogP contribution in [-0.4, -0.2) is 40.5 Å². The quantitative estimate of drug-likeness (QED) is 0.337. The number of hydrogen-bond donors (Lipinski definition) is 2. The summed E-state index contributed by atoms with van der Waals surface area (Å²) in [5.41, 5.74) is 3.47. The standard InChI is InChI=1S/C33H45N3O4/c1-9-24-15-11-16-25(20-24)29(30(37)35-28-22(4)13-10-14-23(28)5)36(26-17-12-18-26)31(38)27(19-21(2)3)34-32(39)40-33(6,7)8/h9-11,13-16,20-21,26-27,29H,1,12,17-19H2,2-8H3,(H,34,39)(H,35,37). The minimum absolute atomic E-state index is 0.122. The molecule has 1 aliphatic carbocycles. The molecule has 2 atom stereocenters. The van der Waals surface area contributed by atoms with Gasteiger partial charge in [-0.2, -0.15) is 0 Å². The smallest absolute Gasteiger partial charge is 0.408 e.